The molecule has 0 radical (unpaired) electrons. The van der Waals surface area contributed by atoms with Crippen molar-refractivity contribution in [2.45, 2.75) is 12.8 Å². The van der Waals surface area contributed by atoms with Crippen molar-refractivity contribution >= 4 is 33.6 Å². The molecule has 2 rings (SSSR count). The van der Waals surface area contributed by atoms with Gasteiger partial charge in [0.05, 0.1) is 10.2 Å². The molecule has 1 aromatic rings. The van der Waals surface area contributed by atoms with E-state index in [2.05, 4.69) is 40.0 Å². The highest BCUT2D eigenvalue weighted by atomic mass is 79.9. The summed E-state index contributed by atoms with van der Waals surface area (Å²) in [5.41, 5.74) is 2.24. The zero-order valence-corrected chi connectivity index (χ0v) is 8.85. The average molecular weight is 245 g/mol. The second kappa shape index (κ2) is 2.86. The number of aromatic nitrogens is 1. The summed E-state index contributed by atoms with van der Waals surface area (Å²) in [5.74, 6) is 0.394. The Labute approximate surface area is 84.6 Å². The van der Waals surface area contributed by atoms with Gasteiger partial charge in [0, 0.05) is 5.92 Å². The minimum absolute atomic E-state index is 0.394. The Balaban J connectivity index is 2.62. The largest absolute Gasteiger partial charge is 0.239 e. The molecular weight excluding hydrogens is 237 g/mol. The topological polar surface area (TPSA) is 12.9 Å². The van der Waals surface area contributed by atoms with Crippen LogP contribution in [0, 0.1) is 0 Å². The number of halogens is 2. The molecule has 1 unspecified atom stereocenters. The van der Waals surface area contributed by atoms with E-state index in [4.69, 9.17) is 11.6 Å². The summed E-state index contributed by atoms with van der Waals surface area (Å²) in [6.07, 6.45) is 4.20. The van der Waals surface area contributed by atoms with Crippen molar-refractivity contribution in [2.75, 3.05) is 0 Å². The number of fused-ring (bicyclic) bond motifs is 1. The van der Waals surface area contributed by atoms with Crippen LogP contribution in [0.15, 0.2) is 16.6 Å². The average Bonchev–Trinajstić information content (AvgIpc) is 2.35. The van der Waals surface area contributed by atoms with Gasteiger partial charge in [-0.1, -0.05) is 30.7 Å². The minimum Gasteiger partial charge on any atom is -0.239 e. The van der Waals surface area contributed by atoms with Gasteiger partial charge in [0.1, 0.15) is 5.15 Å². The lowest BCUT2D eigenvalue weighted by atomic mass is 10.1. The maximum absolute atomic E-state index is 5.87. The Bertz CT molecular complexity index is 360. The van der Waals surface area contributed by atoms with Gasteiger partial charge in [0.15, 0.2) is 0 Å². The van der Waals surface area contributed by atoms with Crippen LogP contribution in [0.25, 0.3) is 6.08 Å². The van der Waals surface area contributed by atoms with Crippen molar-refractivity contribution in [1.29, 1.82) is 0 Å². The molecule has 3 heteroatoms. The Morgan fingerprint density at radius 3 is 3.08 bits per heavy atom. The molecule has 1 aliphatic carbocycles. The van der Waals surface area contributed by atoms with E-state index < -0.39 is 0 Å². The molecule has 0 saturated heterocycles. The van der Waals surface area contributed by atoms with Crippen molar-refractivity contribution in [1.82, 2.24) is 4.98 Å². The molecule has 0 aliphatic heterocycles. The lowest BCUT2D eigenvalue weighted by molar-refractivity contribution is 0.924. The number of pyridine rings is 1. The van der Waals surface area contributed by atoms with E-state index in [9.17, 15) is 0 Å². The third-order valence-electron chi connectivity index (χ3n) is 1.99. The van der Waals surface area contributed by atoms with E-state index in [0.717, 1.165) is 10.2 Å². The highest BCUT2D eigenvalue weighted by Crippen LogP contribution is 2.32. The molecule has 0 saturated carbocycles. The molecular formula is C9H7BrClN. The maximum atomic E-state index is 5.87. The van der Waals surface area contributed by atoms with Gasteiger partial charge >= 0.3 is 0 Å². The van der Waals surface area contributed by atoms with Crippen LogP contribution in [0.4, 0.5) is 0 Å². The molecule has 62 valence electrons. The summed E-state index contributed by atoms with van der Waals surface area (Å²) in [5, 5.41) is 0.546. The van der Waals surface area contributed by atoms with Crippen LogP contribution in [-0.4, -0.2) is 4.98 Å². The summed E-state index contributed by atoms with van der Waals surface area (Å²) in [6, 6.07) is 2.00. The van der Waals surface area contributed by atoms with Gasteiger partial charge in [-0.15, -0.1) is 0 Å². The van der Waals surface area contributed by atoms with E-state index in [1.165, 1.54) is 5.56 Å². The standard InChI is InChI=1S/C9H7BrClN/c1-5-2-3-6-4-7(10)9(11)12-8(5)6/h2-5H,1H3. The summed E-state index contributed by atoms with van der Waals surface area (Å²) in [7, 11) is 0. The molecule has 0 bridgehead atoms. The summed E-state index contributed by atoms with van der Waals surface area (Å²) >= 11 is 9.21. The highest BCUT2D eigenvalue weighted by molar-refractivity contribution is 9.10. The van der Waals surface area contributed by atoms with Crippen LogP contribution in [0.5, 0.6) is 0 Å². The van der Waals surface area contributed by atoms with Gasteiger partial charge in [-0.25, -0.2) is 4.98 Å². The molecule has 1 heterocycles. The van der Waals surface area contributed by atoms with Crippen molar-refractivity contribution in [3.63, 3.8) is 0 Å². The van der Waals surface area contributed by atoms with E-state index >= 15 is 0 Å². The van der Waals surface area contributed by atoms with Crippen molar-refractivity contribution < 1.29 is 0 Å². The first-order valence-electron chi connectivity index (χ1n) is 3.72. The summed E-state index contributed by atoms with van der Waals surface area (Å²) in [4.78, 5) is 4.29. The van der Waals surface area contributed by atoms with Crippen molar-refractivity contribution in [2.24, 2.45) is 0 Å². The predicted octanol–water partition coefficient (Wildman–Crippen LogP) is 3.63. The van der Waals surface area contributed by atoms with Gasteiger partial charge in [0.2, 0.25) is 0 Å². The number of hydrogen-bond donors (Lipinski definition) is 0. The normalized spacial score (nSPS) is 19.8. The lowest BCUT2D eigenvalue weighted by Crippen LogP contribution is -1.93. The molecule has 0 aromatic carbocycles. The quantitative estimate of drug-likeness (QED) is 0.635. The zero-order chi connectivity index (χ0) is 8.72. The molecule has 1 aliphatic rings. The Morgan fingerprint density at radius 2 is 2.33 bits per heavy atom. The number of hydrogen-bond acceptors (Lipinski definition) is 1. The SMILES string of the molecule is CC1C=Cc2cc(Br)c(Cl)nc21. The van der Waals surface area contributed by atoms with Crippen LogP contribution in [0.3, 0.4) is 0 Å². The molecule has 0 N–H and O–H groups in total. The van der Waals surface area contributed by atoms with Gasteiger partial charge in [0.25, 0.3) is 0 Å². The van der Waals surface area contributed by atoms with Gasteiger partial charge in [-0.3, -0.25) is 0 Å². The Morgan fingerprint density at radius 1 is 1.58 bits per heavy atom. The van der Waals surface area contributed by atoms with Crippen LogP contribution in [0.1, 0.15) is 24.1 Å². The first-order valence-corrected chi connectivity index (χ1v) is 4.89. The Kier molecular flexibility index (Phi) is 1.97. The lowest BCUT2D eigenvalue weighted by Gasteiger charge is -2.04. The van der Waals surface area contributed by atoms with E-state index in [0.29, 0.717) is 11.1 Å². The van der Waals surface area contributed by atoms with Crippen LogP contribution >= 0.6 is 27.5 Å². The van der Waals surface area contributed by atoms with Gasteiger partial charge in [-0.2, -0.15) is 0 Å². The van der Waals surface area contributed by atoms with Gasteiger partial charge in [-0.05, 0) is 27.6 Å². The number of allylic oxidation sites excluding steroid dienone is 1. The molecule has 0 spiro atoms. The Hall–Kier alpha value is -0.340. The smallest absolute Gasteiger partial charge is 0.143 e. The third kappa shape index (κ3) is 1.19. The predicted molar refractivity (Wildman–Crippen MR) is 54.4 cm³/mol. The molecule has 12 heavy (non-hydrogen) atoms. The van der Waals surface area contributed by atoms with Crippen LogP contribution in [0.2, 0.25) is 5.15 Å². The molecule has 1 aromatic heterocycles. The molecule has 1 atom stereocenters. The van der Waals surface area contributed by atoms with Crippen LogP contribution < -0.4 is 0 Å². The first kappa shape index (κ1) is 8.27. The van der Waals surface area contributed by atoms with Gasteiger partial charge < -0.3 is 0 Å². The van der Waals surface area contributed by atoms with Crippen molar-refractivity contribution in [3.8, 4) is 0 Å². The second-order valence-electron chi connectivity index (χ2n) is 2.88. The highest BCUT2D eigenvalue weighted by Gasteiger charge is 2.16. The fourth-order valence-corrected chi connectivity index (χ4v) is 1.81. The molecule has 0 fully saturated rings. The number of rotatable bonds is 0. The fraction of sp³-hybridized carbons (Fsp3) is 0.222. The maximum Gasteiger partial charge on any atom is 0.143 e. The second-order valence-corrected chi connectivity index (χ2v) is 4.10. The first-order chi connectivity index (χ1) is 5.68. The molecule has 0 amide bonds. The number of nitrogens with zero attached hydrogens (tertiary/aromatic N) is 1. The monoisotopic (exact) mass is 243 g/mol. The minimum atomic E-state index is 0.394. The van der Waals surface area contributed by atoms with E-state index in [1.807, 2.05) is 6.07 Å². The van der Waals surface area contributed by atoms with E-state index in [1.54, 1.807) is 0 Å². The van der Waals surface area contributed by atoms with Crippen LogP contribution in [-0.2, 0) is 0 Å². The summed E-state index contributed by atoms with van der Waals surface area (Å²) in [6.45, 7) is 2.11. The molecule has 1 nitrogen and oxygen atoms in total. The van der Waals surface area contributed by atoms with E-state index in [-0.39, 0.29) is 0 Å². The zero-order valence-electron chi connectivity index (χ0n) is 6.51. The summed E-state index contributed by atoms with van der Waals surface area (Å²) < 4.78 is 0.863. The fourth-order valence-electron chi connectivity index (χ4n) is 1.33. The van der Waals surface area contributed by atoms with Crippen molar-refractivity contribution in [3.05, 3.63) is 33.0 Å². The third-order valence-corrected chi connectivity index (χ3v) is 3.11.